The summed E-state index contributed by atoms with van der Waals surface area (Å²) in [5.41, 5.74) is -0.623. The van der Waals surface area contributed by atoms with E-state index in [1.54, 1.807) is 6.92 Å². The van der Waals surface area contributed by atoms with Crippen molar-refractivity contribution in [3.05, 3.63) is 11.7 Å². The van der Waals surface area contributed by atoms with Crippen LogP contribution in [0.25, 0.3) is 0 Å². The van der Waals surface area contributed by atoms with E-state index in [4.69, 9.17) is 0 Å². The molecule has 0 aromatic carbocycles. The van der Waals surface area contributed by atoms with E-state index in [-0.39, 0.29) is 6.61 Å². The van der Waals surface area contributed by atoms with Gasteiger partial charge in [-0.1, -0.05) is 0 Å². The number of rotatable bonds is 2. The lowest BCUT2D eigenvalue weighted by Crippen LogP contribution is -2.05. The Bertz CT molecular complexity index is 159. The summed E-state index contributed by atoms with van der Waals surface area (Å²) in [7, 11) is 0. The number of hydrogen-bond donors (Lipinski definition) is 0. The Kier molecular flexibility index (Phi) is 3.61. The van der Waals surface area contributed by atoms with Crippen LogP contribution >= 0.6 is 0 Å². The van der Waals surface area contributed by atoms with Gasteiger partial charge in [0.25, 0.3) is 6.08 Å². The molecule has 58 valence electrons. The van der Waals surface area contributed by atoms with Gasteiger partial charge in [0, 0.05) is 0 Å². The van der Waals surface area contributed by atoms with Crippen LogP contribution in [0.1, 0.15) is 13.8 Å². The Balaban J connectivity index is 4.09. The van der Waals surface area contributed by atoms with E-state index in [0.29, 0.717) is 0 Å². The van der Waals surface area contributed by atoms with Gasteiger partial charge < -0.3 is 4.74 Å². The predicted octanol–water partition coefficient (Wildman–Crippen LogP) is 1.72. The van der Waals surface area contributed by atoms with Crippen LogP contribution in [0.2, 0.25) is 0 Å². The van der Waals surface area contributed by atoms with Crippen molar-refractivity contribution in [2.75, 3.05) is 6.61 Å². The highest BCUT2D eigenvalue weighted by Crippen LogP contribution is 2.07. The van der Waals surface area contributed by atoms with Gasteiger partial charge >= 0.3 is 5.97 Å². The van der Waals surface area contributed by atoms with Crippen LogP contribution in [0.5, 0.6) is 0 Å². The highest BCUT2D eigenvalue weighted by Gasteiger charge is 2.10. The molecular formula is C6H8F2O2. The van der Waals surface area contributed by atoms with Crippen molar-refractivity contribution in [1.29, 1.82) is 0 Å². The lowest BCUT2D eigenvalue weighted by atomic mass is 10.3. The van der Waals surface area contributed by atoms with E-state index in [2.05, 4.69) is 4.74 Å². The summed E-state index contributed by atoms with van der Waals surface area (Å²) in [5, 5.41) is 0. The quantitative estimate of drug-likeness (QED) is 0.442. The molecule has 0 amide bonds. The van der Waals surface area contributed by atoms with Crippen LogP contribution in [0.4, 0.5) is 8.78 Å². The highest BCUT2D eigenvalue weighted by molar-refractivity contribution is 5.87. The summed E-state index contributed by atoms with van der Waals surface area (Å²) in [4.78, 5) is 10.4. The number of carbonyl (C=O) groups is 1. The predicted molar refractivity (Wildman–Crippen MR) is 31.5 cm³/mol. The average Bonchev–Trinajstić information content (AvgIpc) is 1.87. The first kappa shape index (κ1) is 9.07. The Morgan fingerprint density at radius 1 is 1.50 bits per heavy atom. The molecule has 0 fully saturated rings. The van der Waals surface area contributed by atoms with Gasteiger partial charge in [0.1, 0.15) is 0 Å². The molecule has 0 bridgehead atoms. The van der Waals surface area contributed by atoms with Crippen LogP contribution in [-0.4, -0.2) is 12.6 Å². The second kappa shape index (κ2) is 3.98. The molecule has 0 rings (SSSR count). The van der Waals surface area contributed by atoms with Gasteiger partial charge in [0.05, 0.1) is 12.2 Å². The molecule has 0 unspecified atom stereocenters. The van der Waals surface area contributed by atoms with E-state index in [9.17, 15) is 13.6 Å². The molecule has 0 aromatic heterocycles. The molecule has 0 aromatic rings. The third-order valence-electron chi connectivity index (χ3n) is 0.865. The first-order valence-electron chi connectivity index (χ1n) is 2.78. The largest absolute Gasteiger partial charge is 0.462 e. The van der Waals surface area contributed by atoms with Gasteiger partial charge in [-0.05, 0) is 13.8 Å². The zero-order chi connectivity index (χ0) is 8.15. The Morgan fingerprint density at radius 3 is 2.30 bits per heavy atom. The minimum Gasteiger partial charge on any atom is -0.462 e. The first-order chi connectivity index (χ1) is 4.59. The maximum atomic E-state index is 11.6. The summed E-state index contributed by atoms with van der Waals surface area (Å²) in [6, 6.07) is 0. The van der Waals surface area contributed by atoms with Gasteiger partial charge in [-0.25, -0.2) is 4.79 Å². The Labute approximate surface area is 57.5 Å². The SMILES string of the molecule is CCOC(=O)C(C)=C(F)F. The van der Waals surface area contributed by atoms with Gasteiger partial charge in [0.15, 0.2) is 0 Å². The monoisotopic (exact) mass is 150 g/mol. The molecule has 0 aliphatic heterocycles. The lowest BCUT2D eigenvalue weighted by Gasteiger charge is -1.98. The lowest BCUT2D eigenvalue weighted by molar-refractivity contribution is -0.138. The van der Waals surface area contributed by atoms with Crippen LogP contribution < -0.4 is 0 Å². The maximum Gasteiger partial charge on any atom is 0.339 e. The van der Waals surface area contributed by atoms with Gasteiger partial charge in [-0.3, -0.25) is 0 Å². The van der Waals surface area contributed by atoms with Crippen molar-refractivity contribution >= 4 is 5.97 Å². The van der Waals surface area contributed by atoms with E-state index in [1.807, 2.05) is 0 Å². The zero-order valence-electron chi connectivity index (χ0n) is 5.78. The molecule has 4 heteroatoms. The number of ether oxygens (including phenoxy) is 1. The second-order valence-electron chi connectivity index (χ2n) is 1.61. The number of hydrogen-bond acceptors (Lipinski definition) is 2. The molecule has 0 radical (unpaired) electrons. The fraction of sp³-hybridized carbons (Fsp3) is 0.500. The standard InChI is InChI=1S/C6H8F2O2/c1-3-10-6(9)4(2)5(7)8/h3H2,1-2H3. The minimum absolute atomic E-state index is 0.115. The fourth-order valence-corrected chi connectivity index (χ4v) is 0.316. The van der Waals surface area contributed by atoms with E-state index in [1.165, 1.54) is 0 Å². The smallest absolute Gasteiger partial charge is 0.339 e. The van der Waals surface area contributed by atoms with Crippen LogP contribution in [0.15, 0.2) is 11.7 Å². The first-order valence-corrected chi connectivity index (χ1v) is 2.78. The molecule has 0 aliphatic carbocycles. The number of esters is 1. The number of carbonyl (C=O) groups excluding carboxylic acids is 1. The molecule has 10 heavy (non-hydrogen) atoms. The molecule has 0 N–H and O–H groups in total. The van der Waals surface area contributed by atoms with E-state index >= 15 is 0 Å². The van der Waals surface area contributed by atoms with E-state index in [0.717, 1.165) is 6.92 Å². The fourth-order valence-electron chi connectivity index (χ4n) is 0.316. The van der Waals surface area contributed by atoms with Gasteiger partial charge in [-0.15, -0.1) is 0 Å². The number of halogens is 2. The van der Waals surface area contributed by atoms with Crippen molar-refractivity contribution in [3.63, 3.8) is 0 Å². The third-order valence-corrected chi connectivity index (χ3v) is 0.865. The Hall–Kier alpha value is -0.930. The van der Waals surface area contributed by atoms with Gasteiger partial charge in [-0.2, -0.15) is 8.78 Å². The zero-order valence-corrected chi connectivity index (χ0v) is 5.78. The highest BCUT2D eigenvalue weighted by atomic mass is 19.3. The molecule has 0 atom stereocenters. The maximum absolute atomic E-state index is 11.6. The topological polar surface area (TPSA) is 26.3 Å². The second-order valence-corrected chi connectivity index (χ2v) is 1.61. The van der Waals surface area contributed by atoms with Crippen LogP contribution in [0, 0.1) is 0 Å². The third kappa shape index (κ3) is 2.57. The minimum atomic E-state index is -1.99. The molecular weight excluding hydrogens is 142 g/mol. The van der Waals surface area contributed by atoms with Crippen molar-refractivity contribution in [3.8, 4) is 0 Å². The average molecular weight is 150 g/mol. The summed E-state index contributed by atoms with van der Waals surface area (Å²) < 4.78 is 27.4. The normalized spacial score (nSPS) is 8.80. The summed E-state index contributed by atoms with van der Waals surface area (Å²) in [5.74, 6) is -0.956. The van der Waals surface area contributed by atoms with Crippen molar-refractivity contribution < 1.29 is 18.3 Å². The van der Waals surface area contributed by atoms with Crippen LogP contribution in [-0.2, 0) is 9.53 Å². The molecule has 0 aliphatic rings. The summed E-state index contributed by atoms with van der Waals surface area (Å²) >= 11 is 0. The van der Waals surface area contributed by atoms with Crippen molar-refractivity contribution in [2.45, 2.75) is 13.8 Å². The van der Waals surface area contributed by atoms with Crippen molar-refractivity contribution in [2.24, 2.45) is 0 Å². The summed E-state index contributed by atoms with van der Waals surface area (Å²) in [6.07, 6.45) is -1.99. The van der Waals surface area contributed by atoms with Crippen LogP contribution in [0.3, 0.4) is 0 Å². The van der Waals surface area contributed by atoms with Crippen molar-refractivity contribution in [1.82, 2.24) is 0 Å². The summed E-state index contributed by atoms with van der Waals surface area (Å²) in [6.45, 7) is 2.69. The molecule has 0 saturated heterocycles. The molecule has 2 nitrogen and oxygen atoms in total. The molecule has 0 spiro atoms. The van der Waals surface area contributed by atoms with E-state index < -0.39 is 17.6 Å². The van der Waals surface area contributed by atoms with Gasteiger partial charge in [0.2, 0.25) is 0 Å². The molecule has 0 heterocycles. The molecule has 0 saturated carbocycles. The Morgan fingerprint density at radius 2 is 2.00 bits per heavy atom.